The molecule has 0 fully saturated rings. The van der Waals surface area contributed by atoms with Gasteiger partial charge in [-0.15, -0.1) is 0 Å². The summed E-state index contributed by atoms with van der Waals surface area (Å²) >= 11 is 0. The maximum Gasteiger partial charge on any atom is 0.462 e. The predicted molar refractivity (Wildman–Crippen MR) is 216 cm³/mol. The minimum atomic E-state index is -7.27. The van der Waals surface area contributed by atoms with Crippen LogP contribution in [0.25, 0.3) is 10.8 Å². The Morgan fingerprint density at radius 3 is 0.893 bits per heavy atom. The third kappa shape index (κ3) is 12.9. The van der Waals surface area contributed by atoms with Gasteiger partial charge in [0.1, 0.15) is 0 Å². The second-order valence-corrected chi connectivity index (χ2v) is 15.1. The number of nitrogens with zero attached hydrogens (tertiary/aromatic N) is 2. The Morgan fingerprint density at radius 1 is 0.427 bits per heavy atom. The van der Waals surface area contributed by atoms with Crippen LogP contribution in [0.1, 0.15) is 61.1 Å². The number of hydrogen-bond acceptors (Lipinski definition) is 6. The summed E-state index contributed by atoms with van der Waals surface area (Å²) in [5, 5.41) is 17.9. The van der Waals surface area contributed by atoms with Crippen molar-refractivity contribution < 1.29 is 142 Å². The van der Waals surface area contributed by atoms with E-state index >= 15 is 0 Å². The number of ether oxygens (including phenoxy) is 2. The summed E-state index contributed by atoms with van der Waals surface area (Å²) in [6.07, 6.45) is -38.4. The molecule has 0 heterocycles. The number of rotatable bonds is 14. The SMILES string of the molecule is CCc1cccc(CC)c1N=C1C(=Nc2c(CC)cccc2CC)c2cccc3cccc1c23.O=C(O)C(F)(OC(F)(F)C(F)(F)C(F)(F)F)C(F)(F)F.O=C(O)C(F)(OC(F)(F)C(F)(F)C(F)(F)F)C(F)(F)F.[Ni]. The van der Waals surface area contributed by atoms with Crippen LogP contribution in [0.4, 0.5) is 108 Å². The first-order chi connectivity index (χ1) is 33.5. The van der Waals surface area contributed by atoms with Gasteiger partial charge in [0.25, 0.3) is 0 Å². The van der Waals surface area contributed by atoms with Crippen LogP contribution in [0.2, 0.25) is 0 Å². The minimum Gasteiger partial charge on any atom is -0.477 e. The molecule has 0 saturated heterocycles. The summed E-state index contributed by atoms with van der Waals surface area (Å²) in [6.45, 7) is 8.84. The van der Waals surface area contributed by atoms with Gasteiger partial charge in [0.2, 0.25) is 0 Å². The molecule has 420 valence electrons. The van der Waals surface area contributed by atoms with Crippen molar-refractivity contribution in [2.75, 3.05) is 0 Å². The van der Waals surface area contributed by atoms with Gasteiger partial charge in [-0.3, -0.25) is 9.47 Å². The fraction of sp³-hybridized carbons (Fsp3) is 0.409. The fourth-order valence-corrected chi connectivity index (χ4v) is 6.42. The Labute approximate surface area is 417 Å². The van der Waals surface area contributed by atoms with Gasteiger partial charge in [0, 0.05) is 33.0 Å². The Morgan fingerprint density at radius 2 is 0.680 bits per heavy atom. The quantitative estimate of drug-likeness (QED) is 0.0959. The summed E-state index contributed by atoms with van der Waals surface area (Å²) in [7, 11) is 0. The first-order valence-corrected chi connectivity index (χ1v) is 20.4. The van der Waals surface area contributed by atoms with Crippen LogP contribution in [0, 0.1) is 0 Å². The molecule has 8 nitrogen and oxygen atoms in total. The van der Waals surface area contributed by atoms with Crippen LogP contribution < -0.4 is 0 Å². The van der Waals surface area contributed by atoms with Gasteiger partial charge in [0.05, 0.1) is 22.8 Å². The van der Waals surface area contributed by atoms with Crippen LogP contribution in [0.15, 0.2) is 82.8 Å². The number of carbonyl (C=O) groups is 2. The van der Waals surface area contributed by atoms with Gasteiger partial charge in [0.15, 0.2) is 0 Å². The molecule has 31 heteroatoms. The largest absolute Gasteiger partial charge is 0.477 e. The molecule has 2 atom stereocenters. The van der Waals surface area contributed by atoms with Crippen LogP contribution >= 0.6 is 0 Å². The van der Waals surface area contributed by atoms with E-state index in [-0.39, 0.29) is 16.5 Å². The molecule has 0 spiro atoms. The zero-order valence-corrected chi connectivity index (χ0v) is 38.8. The number of aliphatic carboxylic acids is 2. The third-order valence-electron chi connectivity index (χ3n) is 10.3. The molecule has 4 aromatic carbocycles. The molecule has 4 aromatic rings. The van der Waals surface area contributed by atoms with Crippen molar-refractivity contribution in [2.45, 2.75) is 114 Å². The van der Waals surface area contributed by atoms with Crippen molar-refractivity contribution in [3.05, 3.63) is 106 Å². The molecular weight excluding hydrogens is 1130 g/mol. The summed E-state index contributed by atoms with van der Waals surface area (Å²) < 4.78 is 267. The average molecular weight is 1160 g/mol. The van der Waals surface area contributed by atoms with Gasteiger partial charge in [-0.05, 0) is 53.3 Å². The van der Waals surface area contributed by atoms with E-state index in [2.05, 4.69) is 100 Å². The summed E-state index contributed by atoms with van der Waals surface area (Å²) in [4.78, 5) is 30.5. The molecule has 1 aliphatic rings. The predicted octanol–water partition coefficient (Wildman–Crippen LogP) is 14.6. The topological polar surface area (TPSA) is 118 Å². The fourth-order valence-electron chi connectivity index (χ4n) is 6.42. The number of carboxylic acid groups (broad SMARTS) is 2. The van der Waals surface area contributed by atoms with Gasteiger partial charge in [-0.2, -0.15) is 96.6 Å². The van der Waals surface area contributed by atoms with E-state index in [1.165, 1.54) is 44.2 Å². The monoisotopic (exact) mass is 1160 g/mol. The molecule has 75 heavy (non-hydrogen) atoms. The van der Waals surface area contributed by atoms with Crippen molar-refractivity contribution in [1.29, 1.82) is 0 Å². The molecule has 0 aromatic heterocycles. The van der Waals surface area contributed by atoms with E-state index in [0.29, 0.717) is 0 Å². The number of carboxylic acids is 2. The second-order valence-electron chi connectivity index (χ2n) is 15.1. The van der Waals surface area contributed by atoms with E-state index < -0.39 is 72.4 Å². The molecule has 0 amide bonds. The Hall–Kier alpha value is -5.71. The maximum atomic E-state index is 12.7. The molecule has 0 saturated carbocycles. The molecule has 0 aliphatic heterocycles. The van der Waals surface area contributed by atoms with Crippen molar-refractivity contribution in [3.63, 3.8) is 0 Å². The molecule has 5 rings (SSSR count). The Bertz CT molecular complexity index is 2530. The summed E-state index contributed by atoms with van der Waals surface area (Å²) in [5.74, 6) is -35.2. The van der Waals surface area contributed by atoms with Gasteiger partial charge in [-0.1, -0.05) is 100 Å². The van der Waals surface area contributed by atoms with Crippen LogP contribution in [0.3, 0.4) is 0 Å². The minimum absolute atomic E-state index is 0. The second kappa shape index (κ2) is 22.9. The molecule has 0 bridgehead atoms. The van der Waals surface area contributed by atoms with E-state index in [9.17, 15) is 106 Å². The number of para-hydroxylation sites is 2. The molecule has 2 N–H and O–H groups in total. The summed E-state index contributed by atoms with van der Waals surface area (Å²) in [6, 6.07) is 26.2. The van der Waals surface area contributed by atoms with Crippen molar-refractivity contribution in [1.82, 2.24) is 0 Å². The molecule has 1 aliphatic carbocycles. The number of halogens is 22. The maximum absolute atomic E-state index is 12.7. The van der Waals surface area contributed by atoms with Crippen molar-refractivity contribution >= 4 is 45.5 Å². The van der Waals surface area contributed by atoms with Gasteiger partial charge >= 0.3 is 72.4 Å². The smallest absolute Gasteiger partial charge is 0.462 e. The number of alkyl halides is 22. The van der Waals surface area contributed by atoms with E-state index in [1.807, 2.05) is 0 Å². The standard InChI is InChI=1S/C32H32N2.2C6HF11O3.Ni/c1-5-21-13-9-14-22(6-2)29(21)33-31-26-19-11-17-25-18-12-20-27(28(25)26)32(31)34-30-23(7-3)15-10-16-24(30)8-4;2*7-2(1(18)19,4(10,11)12)20-6(16,17)3(8,9)5(13,14)15;/h9-20H,5-8H2,1-4H3;2*(H,18,19);. The van der Waals surface area contributed by atoms with Crippen LogP contribution in [-0.2, 0) is 61.2 Å². The van der Waals surface area contributed by atoms with Crippen LogP contribution in [0.5, 0.6) is 0 Å². The van der Waals surface area contributed by atoms with E-state index in [4.69, 9.17) is 20.2 Å². The van der Waals surface area contributed by atoms with Gasteiger partial charge < -0.3 is 10.2 Å². The molecular formula is C44H34F22N2NiO6. The third-order valence-corrected chi connectivity index (χ3v) is 10.3. The summed E-state index contributed by atoms with van der Waals surface area (Å²) in [5.41, 5.74) is 11.7. The Balaban J connectivity index is 0.000000410. The Kier molecular flexibility index (Phi) is 19.9. The molecule has 2 unspecified atom stereocenters. The van der Waals surface area contributed by atoms with Crippen LogP contribution in [-0.4, -0.2) is 94.1 Å². The number of aryl methyl sites for hydroxylation is 4. The molecule has 0 radical (unpaired) electrons. The van der Waals surface area contributed by atoms with E-state index in [1.54, 1.807) is 9.47 Å². The first-order valence-electron chi connectivity index (χ1n) is 20.4. The number of benzene rings is 4. The normalized spacial score (nSPS) is 16.3. The number of hydrogen-bond donors (Lipinski definition) is 2. The van der Waals surface area contributed by atoms with Crippen molar-refractivity contribution in [2.24, 2.45) is 9.98 Å². The number of aliphatic imine (C=N–C) groups is 2. The van der Waals surface area contributed by atoms with E-state index in [0.717, 1.165) is 48.5 Å². The zero-order valence-electron chi connectivity index (χ0n) is 37.8. The zero-order chi connectivity index (χ0) is 57.2. The average Bonchev–Trinajstić information content (AvgIpc) is 3.57. The van der Waals surface area contributed by atoms with Crippen molar-refractivity contribution in [3.8, 4) is 0 Å². The van der Waals surface area contributed by atoms with Gasteiger partial charge in [-0.25, -0.2) is 19.6 Å². The first kappa shape index (κ1) is 65.4.